The molecule has 0 radical (unpaired) electrons. The highest BCUT2D eigenvalue weighted by Crippen LogP contribution is 2.48. The van der Waals surface area contributed by atoms with Gasteiger partial charge in [-0.15, -0.1) is 0 Å². The molecule has 2 aromatic carbocycles. The molecule has 2 atom stereocenters. The van der Waals surface area contributed by atoms with E-state index in [9.17, 15) is 36.6 Å². The molecule has 1 unspecified atom stereocenters. The number of rotatable bonds is 8. The number of methoxy groups -OCH3 is 1. The molecule has 2 aromatic heterocycles. The number of alkyl halides is 3. The molecule has 4 aromatic rings. The molecule has 15 heteroatoms. The minimum atomic E-state index is -5.45. The number of pyridine rings is 1. The molecule has 0 spiro atoms. The number of hydrogen-bond donors (Lipinski definition) is 3. The number of primary amides is 1. The van der Waals surface area contributed by atoms with Crippen molar-refractivity contribution in [3.05, 3.63) is 71.1 Å². The lowest BCUT2D eigenvalue weighted by molar-refractivity contribution is -0.265. The van der Waals surface area contributed by atoms with E-state index in [-0.39, 0.29) is 28.7 Å². The van der Waals surface area contributed by atoms with Crippen molar-refractivity contribution >= 4 is 22.7 Å². The van der Waals surface area contributed by atoms with Crippen molar-refractivity contribution in [3.8, 4) is 22.8 Å². The van der Waals surface area contributed by atoms with E-state index in [1.807, 2.05) is 0 Å². The maximum Gasteiger partial charge on any atom is 0.424 e. The molecule has 236 valence electrons. The first-order valence-corrected chi connectivity index (χ1v) is 13.7. The summed E-state index contributed by atoms with van der Waals surface area (Å²) >= 11 is 0. The fraction of sp³-hybridized carbons (Fsp3) is 0.333. The quantitative estimate of drug-likeness (QED) is 0.249. The summed E-state index contributed by atoms with van der Waals surface area (Å²) in [6.45, 7) is -0.539. The number of carbonyl (C=O) groups is 2. The second-order valence-electron chi connectivity index (χ2n) is 11.3. The summed E-state index contributed by atoms with van der Waals surface area (Å²) < 4.78 is 85.3. The Morgan fingerprint density at radius 1 is 1.20 bits per heavy atom. The molecule has 3 heterocycles. The number of carbonyl (C=O) groups excluding carboxylic acids is 2. The van der Waals surface area contributed by atoms with Gasteiger partial charge < -0.3 is 25.6 Å². The summed E-state index contributed by atoms with van der Waals surface area (Å²) in [5, 5.41) is 18.3. The lowest BCUT2D eigenvalue weighted by atomic mass is 9.81. The Labute approximate surface area is 251 Å². The molecule has 2 amide bonds. The maximum atomic E-state index is 14.9. The van der Waals surface area contributed by atoms with Crippen LogP contribution in [0, 0.1) is 11.6 Å². The third kappa shape index (κ3) is 5.00. The molecule has 4 N–H and O–H groups in total. The number of fused-ring (bicyclic) bond motifs is 2. The van der Waals surface area contributed by atoms with Crippen LogP contribution in [0.1, 0.15) is 47.4 Å². The van der Waals surface area contributed by atoms with Crippen LogP contribution in [0.5, 0.6) is 11.5 Å². The summed E-state index contributed by atoms with van der Waals surface area (Å²) in [6.07, 6.45) is -1.86. The van der Waals surface area contributed by atoms with Gasteiger partial charge in [0.1, 0.15) is 46.4 Å². The van der Waals surface area contributed by atoms with E-state index in [0.717, 1.165) is 31.0 Å². The molecule has 6 rings (SSSR count). The average molecular weight is 632 g/mol. The summed E-state index contributed by atoms with van der Waals surface area (Å²) in [6, 6.07) is 6.04. The minimum Gasteiger partial charge on any atom is -0.494 e. The number of aromatic nitrogens is 3. The number of halogens is 5. The first-order chi connectivity index (χ1) is 21.2. The number of nitrogens with zero attached hydrogens (tertiary/aromatic N) is 3. The van der Waals surface area contributed by atoms with Gasteiger partial charge in [0.15, 0.2) is 0 Å². The summed E-state index contributed by atoms with van der Waals surface area (Å²) in [5.41, 5.74) is -1.84. The van der Waals surface area contributed by atoms with Crippen LogP contribution >= 0.6 is 0 Å². The Balaban J connectivity index is 1.41. The highest BCUT2D eigenvalue weighted by molar-refractivity contribution is 6.00. The second-order valence-corrected chi connectivity index (χ2v) is 11.3. The normalized spacial score (nSPS) is 19.1. The van der Waals surface area contributed by atoms with Crippen LogP contribution in [0.25, 0.3) is 22.2 Å². The topological polar surface area (TPSA) is 142 Å². The fourth-order valence-electron chi connectivity index (χ4n) is 5.24. The predicted octanol–water partition coefficient (Wildman–Crippen LogP) is 4.04. The molecule has 0 saturated heterocycles. The lowest BCUT2D eigenvalue weighted by Crippen LogP contribution is -2.51. The Morgan fingerprint density at radius 2 is 1.93 bits per heavy atom. The van der Waals surface area contributed by atoms with Crippen LogP contribution in [0.15, 0.2) is 42.6 Å². The van der Waals surface area contributed by atoms with Crippen molar-refractivity contribution in [2.45, 2.75) is 43.0 Å². The molecular weight excluding hydrogens is 605 g/mol. The van der Waals surface area contributed by atoms with E-state index in [1.165, 1.54) is 26.2 Å². The molecule has 1 fully saturated rings. The largest absolute Gasteiger partial charge is 0.494 e. The zero-order chi connectivity index (χ0) is 32.5. The Kier molecular flexibility index (Phi) is 6.99. The number of hydrogen-bond acceptors (Lipinski definition) is 7. The Hall–Kier alpha value is -4.79. The predicted molar refractivity (Wildman–Crippen MR) is 148 cm³/mol. The van der Waals surface area contributed by atoms with Gasteiger partial charge in [-0.2, -0.15) is 18.3 Å². The summed E-state index contributed by atoms with van der Waals surface area (Å²) in [5.74, 6) is -4.13. The lowest BCUT2D eigenvalue weighted by Gasteiger charge is -2.31. The SMILES string of the molecule is COc1cc(C(=O)NCC(O)(c2cc3c(c(-c4ccc(F)cc4F)n2)OC[C@]3(C)C(N)=O)C(F)(F)F)cc2cn(C3CC3)nc12. The zero-order valence-corrected chi connectivity index (χ0v) is 23.8. The molecular formula is C30H26F5N5O5. The second kappa shape index (κ2) is 10.4. The number of nitrogens with two attached hydrogens (primary N) is 1. The maximum absolute atomic E-state index is 14.9. The van der Waals surface area contributed by atoms with Crippen molar-refractivity contribution < 1.29 is 46.1 Å². The summed E-state index contributed by atoms with van der Waals surface area (Å²) in [7, 11) is 1.36. The fourth-order valence-corrected chi connectivity index (χ4v) is 5.24. The van der Waals surface area contributed by atoms with Gasteiger partial charge in [-0.05, 0) is 50.1 Å². The van der Waals surface area contributed by atoms with Gasteiger partial charge in [0.05, 0.1) is 25.4 Å². The van der Waals surface area contributed by atoms with E-state index in [2.05, 4.69) is 15.4 Å². The Morgan fingerprint density at radius 3 is 2.56 bits per heavy atom. The van der Waals surface area contributed by atoms with E-state index < -0.39 is 70.7 Å². The molecule has 10 nitrogen and oxygen atoms in total. The van der Waals surface area contributed by atoms with Crippen molar-refractivity contribution in [2.24, 2.45) is 5.73 Å². The van der Waals surface area contributed by atoms with Crippen LogP contribution in [0.4, 0.5) is 22.0 Å². The van der Waals surface area contributed by atoms with Gasteiger partial charge in [0.2, 0.25) is 11.5 Å². The first-order valence-electron chi connectivity index (χ1n) is 13.7. The highest BCUT2D eigenvalue weighted by atomic mass is 19.4. The van der Waals surface area contributed by atoms with Crippen molar-refractivity contribution in [2.75, 3.05) is 20.3 Å². The van der Waals surface area contributed by atoms with Crippen molar-refractivity contribution in [1.29, 1.82) is 0 Å². The van der Waals surface area contributed by atoms with Gasteiger partial charge >= 0.3 is 6.18 Å². The average Bonchev–Trinajstić information content (AvgIpc) is 3.65. The first kappa shape index (κ1) is 30.2. The molecule has 45 heavy (non-hydrogen) atoms. The van der Waals surface area contributed by atoms with Crippen LogP contribution in [0.3, 0.4) is 0 Å². The number of ether oxygens (including phenoxy) is 2. The third-order valence-corrected chi connectivity index (χ3v) is 8.19. The van der Waals surface area contributed by atoms with Crippen LogP contribution < -0.4 is 20.5 Å². The smallest absolute Gasteiger partial charge is 0.424 e. The van der Waals surface area contributed by atoms with E-state index in [4.69, 9.17) is 15.2 Å². The number of nitrogens with one attached hydrogen (secondary N) is 1. The van der Waals surface area contributed by atoms with Crippen molar-refractivity contribution in [3.63, 3.8) is 0 Å². The molecule has 1 aliphatic carbocycles. The molecule has 2 aliphatic rings. The zero-order valence-electron chi connectivity index (χ0n) is 23.8. The molecule has 1 aliphatic heterocycles. The molecule has 0 bridgehead atoms. The van der Waals surface area contributed by atoms with Gasteiger partial charge in [-0.1, -0.05) is 0 Å². The standard InChI is InChI=1S/C30H26F5N5O5/c1-28(27(36)42)13-45-25-19(28)10-22(38-24(25)18-6-3-16(31)9-20(18)32)29(43,30(33,34)35)12-37-26(41)14-7-15-11-40(17-4-5-17)39-23(15)21(8-14)44-2/h3,6-11,17,43H,4-5,12-13H2,1-2H3,(H2,36,42)(H,37,41)/t28-,29?/m0/s1. The van der Waals surface area contributed by atoms with Crippen LogP contribution in [-0.2, 0) is 15.8 Å². The van der Waals surface area contributed by atoms with E-state index >= 15 is 0 Å². The van der Waals surface area contributed by atoms with Gasteiger partial charge in [0, 0.05) is 34.3 Å². The molecule has 1 saturated carbocycles. The van der Waals surface area contributed by atoms with Crippen LogP contribution in [-0.4, -0.2) is 58.1 Å². The van der Waals surface area contributed by atoms with Gasteiger partial charge in [0.25, 0.3) is 5.91 Å². The summed E-state index contributed by atoms with van der Waals surface area (Å²) in [4.78, 5) is 29.5. The van der Waals surface area contributed by atoms with E-state index in [1.54, 1.807) is 10.9 Å². The number of amides is 2. The number of benzene rings is 2. The third-order valence-electron chi connectivity index (χ3n) is 8.19. The minimum absolute atomic E-state index is 0.0649. The van der Waals surface area contributed by atoms with Gasteiger partial charge in [-0.25, -0.2) is 13.8 Å². The van der Waals surface area contributed by atoms with Crippen LogP contribution in [0.2, 0.25) is 0 Å². The van der Waals surface area contributed by atoms with E-state index in [0.29, 0.717) is 17.0 Å². The monoisotopic (exact) mass is 631 g/mol. The Bertz CT molecular complexity index is 1870. The van der Waals surface area contributed by atoms with Crippen molar-refractivity contribution in [1.82, 2.24) is 20.1 Å². The number of aliphatic hydroxyl groups is 1. The highest BCUT2D eigenvalue weighted by Gasteiger charge is 2.58. The van der Waals surface area contributed by atoms with Gasteiger partial charge in [-0.3, -0.25) is 14.3 Å².